The first-order valence-electron chi connectivity index (χ1n) is 5.13. The summed E-state index contributed by atoms with van der Waals surface area (Å²) in [6, 6.07) is 4.11. The number of aliphatic hydroxyl groups excluding tert-OH is 1. The predicted molar refractivity (Wildman–Crippen MR) is 64.8 cm³/mol. The molecule has 0 saturated carbocycles. The molecule has 1 heterocycles. The van der Waals surface area contributed by atoms with E-state index in [1.54, 1.807) is 0 Å². The molecule has 0 radical (unpaired) electrons. The maximum Gasteiger partial charge on any atom is 0.402 e. The van der Waals surface area contributed by atoms with Crippen LogP contribution in [0, 0.1) is 11.8 Å². The second-order valence-corrected chi connectivity index (χ2v) is 4.91. The van der Waals surface area contributed by atoms with E-state index in [2.05, 4.69) is 16.8 Å². The van der Waals surface area contributed by atoms with E-state index in [1.807, 2.05) is 4.72 Å². The van der Waals surface area contributed by atoms with Crippen molar-refractivity contribution >= 4 is 16.0 Å². The van der Waals surface area contributed by atoms with Gasteiger partial charge in [0.2, 0.25) is 0 Å². The Morgan fingerprint density at radius 2 is 2.05 bits per heavy atom. The predicted octanol–water partition coefficient (Wildman–Crippen LogP) is 0.234. The van der Waals surface area contributed by atoms with Gasteiger partial charge in [-0.1, -0.05) is 12.0 Å². The van der Waals surface area contributed by atoms with Gasteiger partial charge in [0.1, 0.15) is 24.7 Å². The van der Waals surface area contributed by atoms with E-state index in [4.69, 9.17) is 5.11 Å². The largest absolute Gasteiger partial charge is 0.402 e. The van der Waals surface area contributed by atoms with Gasteiger partial charge in [0.15, 0.2) is 0 Å². The molecule has 10 heteroatoms. The van der Waals surface area contributed by atoms with Crippen LogP contribution in [-0.4, -0.2) is 37.8 Å². The molecule has 0 amide bonds. The molecule has 20 heavy (non-hydrogen) atoms. The summed E-state index contributed by atoms with van der Waals surface area (Å²) < 4.78 is 61.6. The van der Waals surface area contributed by atoms with Gasteiger partial charge in [-0.15, -0.1) is 0 Å². The zero-order chi connectivity index (χ0) is 15.2. The second-order valence-electron chi connectivity index (χ2n) is 3.41. The molecule has 1 rings (SSSR count). The number of rotatable bonds is 4. The van der Waals surface area contributed by atoms with Gasteiger partial charge in [-0.3, -0.25) is 4.72 Å². The standard InChI is InChI=1S/C10H10F3N3O3S/c11-10(12,13)7-14-20(18,19)16-9-5-1-3-8(15-9)4-2-6-17/h1,3,5,14,17H,6-7H2,(H,15,16). The normalized spacial score (nSPS) is 11.6. The van der Waals surface area contributed by atoms with Gasteiger partial charge in [-0.25, -0.2) is 4.98 Å². The number of nitrogens with one attached hydrogen (secondary N) is 2. The molecule has 1 aromatic heterocycles. The smallest absolute Gasteiger partial charge is 0.384 e. The molecule has 0 unspecified atom stereocenters. The first-order valence-corrected chi connectivity index (χ1v) is 6.61. The molecule has 0 spiro atoms. The summed E-state index contributed by atoms with van der Waals surface area (Å²) in [6.45, 7) is -2.09. The third-order valence-corrected chi connectivity index (χ3v) is 2.75. The fourth-order valence-electron chi connectivity index (χ4n) is 1.04. The van der Waals surface area contributed by atoms with Crippen LogP contribution >= 0.6 is 0 Å². The van der Waals surface area contributed by atoms with E-state index in [0.29, 0.717) is 0 Å². The SMILES string of the molecule is O=S(=O)(NCC(F)(F)F)Nc1cccc(C#CCO)n1. The van der Waals surface area contributed by atoms with Crippen molar-refractivity contribution in [3.8, 4) is 11.8 Å². The number of hydrogen-bond acceptors (Lipinski definition) is 4. The fourth-order valence-corrected chi connectivity index (χ4v) is 1.86. The summed E-state index contributed by atoms with van der Waals surface area (Å²) in [5.41, 5.74) is 0.162. The Kier molecular flexibility index (Phi) is 5.32. The molecule has 0 atom stereocenters. The van der Waals surface area contributed by atoms with Crippen molar-refractivity contribution in [3.63, 3.8) is 0 Å². The van der Waals surface area contributed by atoms with E-state index in [-0.39, 0.29) is 11.5 Å². The molecule has 110 valence electrons. The van der Waals surface area contributed by atoms with Gasteiger partial charge in [0, 0.05) is 0 Å². The van der Waals surface area contributed by atoms with E-state index < -0.39 is 29.5 Å². The van der Waals surface area contributed by atoms with Crippen molar-refractivity contribution in [2.75, 3.05) is 17.9 Å². The number of alkyl halides is 3. The van der Waals surface area contributed by atoms with Gasteiger partial charge in [0.25, 0.3) is 0 Å². The molecule has 0 fully saturated rings. The lowest BCUT2D eigenvalue weighted by atomic mass is 10.3. The fraction of sp³-hybridized carbons (Fsp3) is 0.300. The minimum atomic E-state index is -4.66. The molecule has 0 aliphatic carbocycles. The minimum absolute atomic E-state index is 0.162. The Hall–Kier alpha value is -1.83. The number of pyridine rings is 1. The molecule has 6 nitrogen and oxygen atoms in total. The molecule has 1 aromatic rings. The highest BCUT2D eigenvalue weighted by Gasteiger charge is 2.29. The summed E-state index contributed by atoms with van der Waals surface area (Å²) in [6.07, 6.45) is -4.66. The van der Waals surface area contributed by atoms with Crippen LogP contribution in [0.5, 0.6) is 0 Å². The maximum absolute atomic E-state index is 11.9. The number of aromatic nitrogens is 1. The van der Waals surface area contributed by atoms with Gasteiger partial charge < -0.3 is 5.11 Å². The number of nitrogens with zero attached hydrogens (tertiary/aromatic N) is 1. The summed E-state index contributed by atoms with van der Waals surface area (Å²) >= 11 is 0. The second kappa shape index (κ2) is 6.56. The molecule has 0 aromatic carbocycles. The number of aliphatic hydroxyl groups is 1. The third kappa shape index (κ3) is 6.37. The molecular weight excluding hydrogens is 299 g/mol. The molecule has 0 bridgehead atoms. The summed E-state index contributed by atoms with van der Waals surface area (Å²) in [4.78, 5) is 3.74. The summed E-state index contributed by atoms with van der Waals surface area (Å²) in [5, 5.41) is 8.50. The van der Waals surface area contributed by atoms with Crippen molar-refractivity contribution in [1.29, 1.82) is 0 Å². The lowest BCUT2D eigenvalue weighted by Gasteiger charge is -2.10. The molecule has 0 saturated heterocycles. The van der Waals surface area contributed by atoms with Gasteiger partial charge >= 0.3 is 16.4 Å². The number of anilines is 1. The summed E-state index contributed by atoms with van der Waals surface area (Å²) in [7, 11) is -4.39. The molecule has 3 N–H and O–H groups in total. The van der Waals surface area contributed by atoms with Crippen LogP contribution in [0.2, 0.25) is 0 Å². The van der Waals surface area contributed by atoms with Crippen LogP contribution < -0.4 is 9.44 Å². The van der Waals surface area contributed by atoms with Crippen molar-refractivity contribution in [3.05, 3.63) is 23.9 Å². The lowest BCUT2D eigenvalue weighted by Crippen LogP contribution is -2.37. The van der Waals surface area contributed by atoms with Crippen LogP contribution in [0.3, 0.4) is 0 Å². The third-order valence-electron chi connectivity index (χ3n) is 1.75. The molecular formula is C10H10F3N3O3S. The maximum atomic E-state index is 11.9. The van der Waals surface area contributed by atoms with Gasteiger partial charge in [-0.05, 0) is 18.1 Å². The van der Waals surface area contributed by atoms with Crippen LogP contribution in [0.15, 0.2) is 18.2 Å². The van der Waals surface area contributed by atoms with Crippen LogP contribution in [-0.2, 0) is 10.2 Å². The van der Waals surface area contributed by atoms with E-state index in [0.717, 1.165) is 0 Å². The topological polar surface area (TPSA) is 91.3 Å². The zero-order valence-corrected chi connectivity index (χ0v) is 10.7. The van der Waals surface area contributed by atoms with Crippen LogP contribution in [0.1, 0.15) is 5.69 Å². The zero-order valence-electron chi connectivity index (χ0n) is 9.90. The van der Waals surface area contributed by atoms with E-state index in [9.17, 15) is 21.6 Å². The quantitative estimate of drug-likeness (QED) is 0.695. The first-order chi connectivity index (χ1) is 9.22. The highest BCUT2D eigenvalue weighted by molar-refractivity contribution is 7.90. The van der Waals surface area contributed by atoms with Gasteiger partial charge in [-0.2, -0.15) is 26.3 Å². The number of halogens is 3. The molecule has 0 aliphatic rings. The monoisotopic (exact) mass is 309 g/mol. The van der Waals surface area contributed by atoms with E-state index >= 15 is 0 Å². The van der Waals surface area contributed by atoms with Crippen LogP contribution in [0.25, 0.3) is 0 Å². The first kappa shape index (κ1) is 16.2. The van der Waals surface area contributed by atoms with Crippen molar-refractivity contribution < 1.29 is 26.7 Å². The highest BCUT2D eigenvalue weighted by Crippen LogP contribution is 2.13. The Balaban J connectivity index is 2.77. The highest BCUT2D eigenvalue weighted by atomic mass is 32.2. The van der Waals surface area contributed by atoms with Crippen molar-refractivity contribution in [1.82, 2.24) is 9.71 Å². The minimum Gasteiger partial charge on any atom is -0.384 e. The molecule has 0 aliphatic heterocycles. The lowest BCUT2D eigenvalue weighted by molar-refractivity contribution is -0.121. The van der Waals surface area contributed by atoms with Crippen molar-refractivity contribution in [2.24, 2.45) is 0 Å². The average Bonchev–Trinajstić information content (AvgIpc) is 2.33. The van der Waals surface area contributed by atoms with Crippen LogP contribution in [0.4, 0.5) is 19.0 Å². The van der Waals surface area contributed by atoms with Crippen molar-refractivity contribution in [2.45, 2.75) is 6.18 Å². The Morgan fingerprint density at radius 1 is 1.35 bits per heavy atom. The Morgan fingerprint density at radius 3 is 2.65 bits per heavy atom. The Labute approximate surface area is 113 Å². The Bertz CT molecular complexity index is 620. The van der Waals surface area contributed by atoms with E-state index in [1.165, 1.54) is 22.9 Å². The summed E-state index contributed by atoms with van der Waals surface area (Å²) in [5.74, 6) is 4.54. The average molecular weight is 309 g/mol. The number of hydrogen-bond donors (Lipinski definition) is 3. The van der Waals surface area contributed by atoms with Gasteiger partial charge in [0.05, 0.1) is 0 Å².